The van der Waals surface area contributed by atoms with Gasteiger partial charge in [0.15, 0.2) is 17.5 Å². The lowest BCUT2D eigenvalue weighted by molar-refractivity contribution is -0.133. The summed E-state index contributed by atoms with van der Waals surface area (Å²) in [6, 6.07) is 4.98. The third-order valence-corrected chi connectivity index (χ3v) is 3.21. The van der Waals surface area contributed by atoms with Crippen LogP contribution in [0.4, 0.5) is 18.9 Å². The Labute approximate surface area is 136 Å². The van der Waals surface area contributed by atoms with Crippen molar-refractivity contribution in [3.05, 3.63) is 59.7 Å². The predicted molar refractivity (Wildman–Crippen MR) is 80.3 cm³/mol. The molecule has 0 unspecified atom stereocenters. The highest BCUT2D eigenvalue weighted by Crippen LogP contribution is 2.19. The van der Waals surface area contributed by atoms with Crippen molar-refractivity contribution >= 4 is 17.5 Å². The van der Waals surface area contributed by atoms with Crippen LogP contribution in [-0.2, 0) is 16.1 Å². The van der Waals surface area contributed by atoms with Crippen molar-refractivity contribution in [1.82, 2.24) is 9.88 Å². The minimum absolute atomic E-state index is 0.158. The Morgan fingerprint density at radius 3 is 2.38 bits per heavy atom. The van der Waals surface area contributed by atoms with Gasteiger partial charge in [-0.1, -0.05) is 0 Å². The molecule has 24 heavy (non-hydrogen) atoms. The third-order valence-electron chi connectivity index (χ3n) is 3.21. The number of hydrogen-bond acceptors (Lipinski definition) is 3. The van der Waals surface area contributed by atoms with Crippen LogP contribution in [0.2, 0.25) is 0 Å². The fourth-order valence-electron chi connectivity index (χ4n) is 1.97. The topological polar surface area (TPSA) is 62.3 Å². The summed E-state index contributed by atoms with van der Waals surface area (Å²) in [5.41, 5.74) is 0.262. The molecule has 2 aromatic rings. The molecular weight excluding hydrogens is 323 g/mol. The van der Waals surface area contributed by atoms with Gasteiger partial charge in [-0.2, -0.15) is 0 Å². The normalized spacial score (nSPS) is 10.3. The van der Waals surface area contributed by atoms with Crippen LogP contribution < -0.4 is 5.32 Å². The van der Waals surface area contributed by atoms with Crippen molar-refractivity contribution in [2.45, 2.75) is 13.5 Å². The standard InChI is InChI=1S/C16H14F3N3O2/c1-10(23)22(8-11-4-6-20-7-5-11)9-14(24)21-13-3-2-12(17)15(18)16(13)19/h2-7H,8-9H2,1H3,(H,21,24). The predicted octanol–water partition coefficient (Wildman–Crippen LogP) is 2.49. The van der Waals surface area contributed by atoms with Gasteiger partial charge in [-0.25, -0.2) is 13.2 Å². The number of nitrogens with one attached hydrogen (secondary N) is 1. The Morgan fingerprint density at radius 1 is 1.08 bits per heavy atom. The number of aromatic nitrogens is 1. The van der Waals surface area contributed by atoms with Gasteiger partial charge in [0.25, 0.3) is 0 Å². The molecule has 1 aromatic heterocycles. The molecule has 0 aliphatic carbocycles. The van der Waals surface area contributed by atoms with Crippen molar-refractivity contribution in [1.29, 1.82) is 0 Å². The average Bonchev–Trinajstić information content (AvgIpc) is 2.56. The minimum atomic E-state index is -1.67. The molecule has 1 aromatic carbocycles. The first-order valence-electron chi connectivity index (χ1n) is 6.96. The second kappa shape index (κ2) is 7.58. The van der Waals surface area contributed by atoms with Gasteiger partial charge in [0.2, 0.25) is 11.8 Å². The van der Waals surface area contributed by atoms with E-state index in [-0.39, 0.29) is 19.0 Å². The lowest BCUT2D eigenvalue weighted by Gasteiger charge is -2.20. The van der Waals surface area contributed by atoms with E-state index < -0.39 is 29.0 Å². The summed E-state index contributed by atoms with van der Waals surface area (Å²) in [4.78, 5) is 28.7. The summed E-state index contributed by atoms with van der Waals surface area (Å²) < 4.78 is 39.6. The first kappa shape index (κ1) is 17.5. The second-order valence-corrected chi connectivity index (χ2v) is 5.00. The van der Waals surface area contributed by atoms with Gasteiger partial charge in [-0.3, -0.25) is 14.6 Å². The number of amides is 2. The summed E-state index contributed by atoms with van der Waals surface area (Å²) in [6.07, 6.45) is 3.09. The fraction of sp³-hybridized carbons (Fsp3) is 0.188. The number of pyridine rings is 1. The van der Waals surface area contributed by atoms with E-state index in [1.165, 1.54) is 11.8 Å². The molecule has 8 heteroatoms. The van der Waals surface area contributed by atoms with Crippen LogP contribution in [0, 0.1) is 17.5 Å². The molecule has 2 rings (SSSR count). The Morgan fingerprint density at radius 2 is 1.75 bits per heavy atom. The summed E-state index contributed by atoms with van der Waals surface area (Å²) in [5, 5.41) is 2.12. The van der Waals surface area contributed by atoms with Crippen LogP contribution in [0.15, 0.2) is 36.7 Å². The van der Waals surface area contributed by atoms with Gasteiger partial charge in [-0.05, 0) is 29.8 Å². The summed E-state index contributed by atoms with van der Waals surface area (Å²) in [7, 11) is 0. The SMILES string of the molecule is CC(=O)N(CC(=O)Nc1ccc(F)c(F)c1F)Cc1ccncc1. The number of halogens is 3. The van der Waals surface area contributed by atoms with Crippen LogP contribution in [0.25, 0.3) is 0 Å². The molecule has 0 spiro atoms. The Bertz CT molecular complexity index is 754. The van der Waals surface area contributed by atoms with Gasteiger partial charge >= 0.3 is 0 Å². The molecular formula is C16H14F3N3O2. The molecule has 1 heterocycles. The number of hydrogen-bond donors (Lipinski definition) is 1. The van der Waals surface area contributed by atoms with Crippen molar-refractivity contribution in [2.24, 2.45) is 0 Å². The number of carbonyl (C=O) groups is 2. The van der Waals surface area contributed by atoms with E-state index in [1.807, 2.05) is 0 Å². The van der Waals surface area contributed by atoms with Gasteiger partial charge in [0, 0.05) is 25.9 Å². The van der Waals surface area contributed by atoms with E-state index in [1.54, 1.807) is 24.5 Å². The quantitative estimate of drug-likeness (QED) is 0.853. The van der Waals surface area contributed by atoms with E-state index >= 15 is 0 Å². The molecule has 0 radical (unpaired) electrons. The first-order valence-corrected chi connectivity index (χ1v) is 6.96. The van der Waals surface area contributed by atoms with Crippen LogP contribution in [-0.4, -0.2) is 28.2 Å². The smallest absolute Gasteiger partial charge is 0.244 e. The number of nitrogens with zero attached hydrogens (tertiary/aromatic N) is 2. The highest BCUT2D eigenvalue weighted by Gasteiger charge is 2.18. The molecule has 0 aliphatic rings. The first-order chi connectivity index (χ1) is 11.4. The maximum atomic E-state index is 13.5. The molecule has 126 valence electrons. The van der Waals surface area contributed by atoms with E-state index in [4.69, 9.17) is 0 Å². The number of rotatable bonds is 5. The highest BCUT2D eigenvalue weighted by molar-refractivity contribution is 5.94. The maximum absolute atomic E-state index is 13.5. The summed E-state index contributed by atoms with van der Waals surface area (Å²) in [6.45, 7) is 1.08. The van der Waals surface area contributed by atoms with Gasteiger partial charge in [-0.15, -0.1) is 0 Å². The monoisotopic (exact) mass is 337 g/mol. The molecule has 0 bridgehead atoms. The van der Waals surface area contributed by atoms with Crippen LogP contribution >= 0.6 is 0 Å². The molecule has 2 amide bonds. The summed E-state index contributed by atoms with van der Waals surface area (Å²) in [5.74, 6) is -5.62. The molecule has 0 fully saturated rings. The van der Waals surface area contributed by atoms with Gasteiger partial charge in [0.05, 0.1) is 5.69 Å². The van der Waals surface area contributed by atoms with Crippen LogP contribution in [0.5, 0.6) is 0 Å². The molecule has 0 atom stereocenters. The average molecular weight is 337 g/mol. The third kappa shape index (κ3) is 4.31. The van der Waals surface area contributed by atoms with E-state index in [2.05, 4.69) is 10.3 Å². The lowest BCUT2D eigenvalue weighted by Crippen LogP contribution is -2.36. The number of carbonyl (C=O) groups excluding carboxylic acids is 2. The van der Waals surface area contributed by atoms with Crippen LogP contribution in [0.1, 0.15) is 12.5 Å². The van der Waals surface area contributed by atoms with Crippen molar-refractivity contribution in [3.8, 4) is 0 Å². The molecule has 5 nitrogen and oxygen atoms in total. The molecule has 0 aliphatic heterocycles. The zero-order valence-corrected chi connectivity index (χ0v) is 12.7. The van der Waals surface area contributed by atoms with E-state index in [0.717, 1.165) is 11.6 Å². The van der Waals surface area contributed by atoms with Crippen molar-refractivity contribution < 1.29 is 22.8 Å². The van der Waals surface area contributed by atoms with E-state index in [9.17, 15) is 22.8 Å². The molecule has 0 saturated carbocycles. The molecule has 1 N–H and O–H groups in total. The Kier molecular flexibility index (Phi) is 5.51. The van der Waals surface area contributed by atoms with Gasteiger partial charge in [0.1, 0.15) is 6.54 Å². The zero-order valence-electron chi connectivity index (χ0n) is 12.7. The van der Waals surface area contributed by atoms with Gasteiger partial charge < -0.3 is 10.2 Å². The maximum Gasteiger partial charge on any atom is 0.244 e. The van der Waals surface area contributed by atoms with Crippen molar-refractivity contribution in [2.75, 3.05) is 11.9 Å². The highest BCUT2D eigenvalue weighted by atomic mass is 19.2. The largest absolute Gasteiger partial charge is 0.329 e. The summed E-state index contributed by atoms with van der Waals surface area (Å²) >= 11 is 0. The Balaban J connectivity index is 2.06. The number of benzene rings is 1. The number of anilines is 1. The Hall–Kier alpha value is -2.90. The van der Waals surface area contributed by atoms with Crippen LogP contribution in [0.3, 0.4) is 0 Å². The second-order valence-electron chi connectivity index (χ2n) is 5.00. The fourth-order valence-corrected chi connectivity index (χ4v) is 1.97. The molecule has 0 saturated heterocycles. The lowest BCUT2D eigenvalue weighted by atomic mass is 10.2. The minimum Gasteiger partial charge on any atom is -0.329 e. The van der Waals surface area contributed by atoms with Crippen molar-refractivity contribution in [3.63, 3.8) is 0 Å². The zero-order chi connectivity index (χ0) is 17.7. The van der Waals surface area contributed by atoms with E-state index in [0.29, 0.717) is 6.07 Å².